The van der Waals surface area contributed by atoms with E-state index in [1.807, 2.05) is 6.92 Å². The molecule has 1 aromatic rings. The quantitative estimate of drug-likeness (QED) is 0.429. The molecule has 0 fully saturated rings. The van der Waals surface area contributed by atoms with E-state index in [-0.39, 0.29) is 0 Å². The van der Waals surface area contributed by atoms with E-state index in [0.29, 0.717) is 26.1 Å². The summed E-state index contributed by atoms with van der Waals surface area (Å²) in [4.78, 5) is 0.813. The van der Waals surface area contributed by atoms with Gasteiger partial charge in [-0.3, -0.25) is 0 Å². The van der Waals surface area contributed by atoms with Crippen molar-refractivity contribution in [3.05, 3.63) is 27.2 Å². The van der Waals surface area contributed by atoms with Crippen molar-refractivity contribution >= 4 is 63.2 Å². The normalized spacial score (nSPS) is 10.1. The summed E-state index contributed by atoms with van der Waals surface area (Å²) in [7, 11) is 0. The second-order valence-electron chi connectivity index (χ2n) is 2.49. The van der Waals surface area contributed by atoms with Crippen molar-refractivity contribution in [1.29, 1.82) is 0 Å². The molecule has 0 N–H and O–H groups in total. The molecular weight excluding hydrogens is 295 g/mol. The number of halogens is 3. The largest absolute Gasteiger partial charge is 0.479 e. The van der Waals surface area contributed by atoms with Crippen LogP contribution in [0, 0.1) is 0 Å². The van der Waals surface area contributed by atoms with Crippen molar-refractivity contribution in [2.75, 3.05) is 6.61 Å². The Morgan fingerprint density at radius 1 is 1.33 bits per heavy atom. The Morgan fingerprint density at radius 3 is 2.33 bits per heavy atom. The SMILES string of the molecule is CCOC(=S)Sc1cc(Cl)c(Cl)c(Cl)c1. The Morgan fingerprint density at radius 2 is 1.87 bits per heavy atom. The average molecular weight is 302 g/mol. The zero-order valence-electron chi connectivity index (χ0n) is 7.72. The highest BCUT2D eigenvalue weighted by Crippen LogP contribution is 2.35. The molecule has 0 bridgehead atoms. The Hall–Kier alpha value is 0.330. The summed E-state index contributed by atoms with van der Waals surface area (Å²) < 4.78 is 5.57. The van der Waals surface area contributed by atoms with Crippen LogP contribution in [0.2, 0.25) is 15.1 Å². The summed E-state index contributed by atoms with van der Waals surface area (Å²) in [6.45, 7) is 2.41. The van der Waals surface area contributed by atoms with Gasteiger partial charge in [0.05, 0.1) is 21.7 Å². The smallest absolute Gasteiger partial charge is 0.224 e. The predicted molar refractivity (Wildman–Crippen MR) is 71.6 cm³/mol. The van der Waals surface area contributed by atoms with Crippen molar-refractivity contribution < 1.29 is 4.74 Å². The van der Waals surface area contributed by atoms with Crippen LogP contribution in [0.1, 0.15) is 6.92 Å². The number of thioether (sulfide) groups is 1. The van der Waals surface area contributed by atoms with Crippen LogP contribution >= 0.6 is 58.8 Å². The Balaban J connectivity index is 2.83. The average Bonchev–Trinajstić information content (AvgIpc) is 2.14. The first-order valence-electron chi connectivity index (χ1n) is 4.03. The highest BCUT2D eigenvalue weighted by Gasteiger charge is 2.08. The van der Waals surface area contributed by atoms with E-state index in [4.69, 9.17) is 51.8 Å². The molecule has 0 heterocycles. The molecule has 0 atom stereocenters. The van der Waals surface area contributed by atoms with E-state index >= 15 is 0 Å². The minimum absolute atomic E-state index is 0.352. The molecule has 0 aromatic heterocycles. The van der Waals surface area contributed by atoms with Crippen LogP contribution in [0.25, 0.3) is 0 Å². The summed E-state index contributed by atoms with van der Waals surface area (Å²) in [6.07, 6.45) is 0. The summed E-state index contributed by atoms with van der Waals surface area (Å²) >= 11 is 23.8. The van der Waals surface area contributed by atoms with Gasteiger partial charge < -0.3 is 4.74 Å². The summed E-state index contributed by atoms with van der Waals surface area (Å²) in [5.41, 5.74) is 0. The number of rotatable bonds is 2. The fourth-order valence-electron chi connectivity index (χ4n) is 0.835. The lowest BCUT2D eigenvalue weighted by atomic mass is 10.4. The number of hydrogen-bond acceptors (Lipinski definition) is 3. The first kappa shape index (κ1) is 13.4. The van der Waals surface area contributed by atoms with Gasteiger partial charge in [0.25, 0.3) is 0 Å². The molecule has 82 valence electrons. The predicted octanol–water partition coefficient (Wildman–Crippen LogP) is 5.06. The van der Waals surface area contributed by atoms with E-state index < -0.39 is 0 Å². The number of benzene rings is 1. The van der Waals surface area contributed by atoms with Crippen LogP contribution in [0.3, 0.4) is 0 Å². The maximum Gasteiger partial charge on any atom is 0.224 e. The van der Waals surface area contributed by atoms with Gasteiger partial charge in [0.1, 0.15) is 0 Å². The van der Waals surface area contributed by atoms with Gasteiger partial charge in [0, 0.05) is 4.90 Å². The fraction of sp³-hybridized carbons (Fsp3) is 0.222. The molecule has 1 nitrogen and oxygen atoms in total. The van der Waals surface area contributed by atoms with Crippen molar-refractivity contribution in [2.45, 2.75) is 11.8 Å². The highest BCUT2D eigenvalue weighted by molar-refractivity contribution is 8.22. The fourth-order valence-corrected chi connectivity index (χ4v) is 2.69. The first-order valence-corrected chi connectivity index (χ1v) is 6.39. The van der Waals surface area contributed by atoms with Crippen LogP contribution in [0.4, 0.5) is 0 Å². The molecule has 0 aliphatic heterocycles. The van der Waals surface area contributed by atoms with Crippen molar-refractivity contribution in [2.24, 2.45) is 0 Å². The molecule has 1 rings (SSSR count). The standard InChI is InChI=1S/C9H7Cl3OS2/c1-2-13-9(14)15-5-3-6(10)8(12)7(11)4-5/h3-4H,2H2,1H3. The van der Waals surface area contributed by atoms with Crippen molar-refractivity contribution in [3.8, 4) is 0 Å². The zero-order chi connectivity index (χ0) is 11.4. The van der Waals surface area contributed by atoms with E-state index in [1.54, 1.807) is 12.1 Å². The topological polar surface area (TPSA) is 9.23 Å². The minimum atomic E-state index is 0.352. The molecule has 15 heavy (non-hydrogen) atoms. The van der Waals surface area contributed by atoms with Crippen LogP contribution in [-0.2, 0) is 4.74 Å². The molecule has 0 radical (unpaired) electrons. The maximum absolute atomic E-state index is 5.87. The van der Waals surface area contributed by atoms with Gasteiger partial charge in [-0.15, -0.1) is 0 Å². The summed E-state index contributed by atoms with van der Waals surface area (Å²) in [5.74, 6) is 0. The maximum atomic E-state index is 5.87. The van der Waals surface area contributed by atoms with Crippen molar-refractivity contribution in [1.82, 2.24) is 0 Å². The molecule has 0 aliphatic rings. The van der Waals surface area contributed by atoms with Crippen LogP contribution in [0.15, 0.2) is 17.0 Å². The van der Waals surface area contributed by atoms with Gasteiger partial charge in [-0.1, -0.05) is 34.8 Å². The lowest BCUT2D eigenvalue weighted by molar-refractivity contribution is 0.346. The van der Waals surface area contributed by atoms with Crippen molar-refractivity contribution in [3.63, 3.8) is 0 Å². The third-order valence-corrected chi connectivity index (χ3v) is 3.74. The first-order chi connectivity index (χ1) is 7.04. The van der Waals surface area contributed by atoms with E-state index in [2.05, 4.69) is 0 Å². The summed E-state index contributed by atoms with van der Waals surface area (Å²) in [5, 5.41) is 1.17. The van der Waals surface area contributed by atoms with Gasteiger partial charge in [0.15, 0.2) is 0 Å². The lowest BCUT2D eigenvalue weighted by Crippen LogP contribution is -1.95. The number of ether oxygens (including phenoxy) is 1. The zero-order valence-corrected chi connectivity index (χ0v) is 11.6. The number of thiocarbonyl (C=S) groups is 1. The van der Waals surface area contributed by atoms with E-state index in [9.17, 15) is 0 Å². The third kappa shape index (κ3) is 4.00. The molecule has 0 saturated carbocycles. The van der Waals surface area contributed by atoms with Crippen LogP contribution < -0.4 is 0 Å². The lowest BCUT2D eigenvalue weighted by Gasteiger charge is -2.06. The molecule has 0 aliphatic carbocycles. The van der Waals surface area contributed by atoms with Gasteiger partial charge >= 0.3 is 0 Å². The number of hydrogen-bond donors (Lipinski definition) is 0. The Labute approximate surface area is 113 Å². The molecule has 0 unspecified atom stereocenters. The van der Waals surface area contributed by atoms with Gasteiger partial charge in [-0.25, -0.2) is 0 Å². The highest BCUT2D eigenvalue weighted by atomic mass is 35.5. The van der Waals surface area contributed by atoms with Gasteiger partial charge in [-0.2, -0.15) is 0 Å². The van der Waals surface area contributed by atoms with Gasteiger partial charge in [-0.05, 0) is 43.0 Å². The molecule has 0 spiro atoms. The molecular formula is C9H7Cl3OS2. The minimum Gasteiger partial charge on any atom is -0.479 e. The molecule has 0 saturated heterocycles. The second-order valence-corrected chi connectivity index (χ2v) is 5.35. The summed E-state index contributed by atoms with van der Waals surface area (Å²) in [6, 6.07) is 3.40. The third-order valence-electron chi connectivity index (χ3n) is 1.42. The van der Waals surface area contributed by atoms with Gasteiger partial charge in [0.2, 0.25) is 4.38 Å². The van der Waals surface area contributed by atoms with Crippen LogP contribution in [0.5, 0.6) is 0 Å². The van der Waals surface area contributed by atoms with E-state index in [0.717, 1.165) is 4.90 Å². The Kier molecular flexibility index (Phi) is 5.50. The second kappa shape index (κ2) is 6.16. The van der Waals surface area contributed by atoms with Crippen LogP contribution in [-0.4, -0.2) is 11.0 Å². The molecule has 1 aromatic carbocycles. The van der Waals surface area contributed by atoms with E-state index in [1.165, 1.54) is 11.8 Å². The Bertz CT molecular complexity index is 359. The molecule has 0 amide bonds. The molecule has 6 heteroatoms. The monoisotopic (exact) mass is 300 g/mol.